The summed E-state index contributed by atoms with van der Waals surface area (Å²) in [5, 5.41) is 18.7. The van der Waals surface area contributed by atoms with Crippen LogP contribution in [0.1, 0.15) is 38.8 Å². The van der Waals surface area contributed by atoms with Gasteiger partial charge in [0.25, 0.3) is 5.91 Å². The summed E-state index contributed by atoms with van der Waals surface area (Å²) < 4.78 is 7.05. The number of anilines is 2. The van der Waals surface area contributed by atoms with E-state index >= 15 is 0 Å². The lowest BCUT2D eigenvalue weighted by Crippen LogP contribution is -2.43. The van der Waals surface area contributed by atoms with Crippen LogP contribution in [0.3, 0.4) is 0 Å². The van der Waals surface area contributed by atoms with Gasteiger partial charge in [0.2, 0.25) is 0 Å². The molecule has 1 aliphatic heterocycles. The minimum atomic E-state index is -0.481. The average Bonchev–Trinajstić information content (AvgIpc) is 3.32. The number of hydrogen-bond donors (Lipinski definition) is 1. The molecule has 1 aliphatic rings. The van der Waals surface area contributed by atoms with E-state index in [0.29, 0.717) is 11.3 Å². The molecule has 36 heavy (non-hydrogen) atoms. The number of rotatable bonds is 6. The van der Waals surface area contributed by atoms with Crippen LogP contribution in [-0.4, -0.2) is 27.7 Å². The molecule has 4 aromatic rings. The van der Waals surface area contributed by atoms with E-state index in [1.807, 2.05) is 68.4 Å². The number of nitrogens with one attached hydrogen (secondary N) is 1. The first-order valence-electron chi connectivity index (χ1n) is 11.4. The maximum atomic E-state index is 13.8. The smallest absolute Gasteiger partial charge is 0.307 e. The highest BCUT2D eigenvalue weighted by Crippen LogP contribution is 2.38. The van der Waals surface area contributed by atoms with Gasteiger partial charge in [-0.05, 0) is 66.9 Å². The van der Waals surface area contributed by atoms with E-state index in [-0.39, 0.29) is 18.1 Å². The lowest BCUT2D eigenvalue weighted by atomic mass is 9.99. The molecule has 1 unspecified atom stereocenters. The van der Waals surface area contributed by atoms with Crippen LogP contribution in [0.15, 0.2) is 73.1 Å². The third-order valence-corrected chi connectivity index (χ3v) is 6.19. The van der Waals surface area contributed by atoms with E-state index in [1.165, 1.54) is 17.1 Å². The van der Waals surface area contributed by atoms with Crippen molar-refractivity contribution in [2.45, 2.75) is 26.6 Å². The molecule has 9 nitrogen and oxygen atoms in total. The zero-order valence-corrected chi connectivity index (χ0v) is 20.1. The van der Waals surface area contributed by atoms with Crippen LogP contribution in [0.5, 0.6) is 5.75 Å². The summed E-state index contributed by atoms with van der Waals surface area (Å²) in [6.45, 7) is 4.29. The van der Waals surface area contributed by atoms with Gasteiger partial charge in [-0.15, -0.1) is 0 Å². The Kier molecular flexibility index (Phi) is 5.89. The van der Waals surface area contributed by atoms with Crippen LogP contribution in [0.25, 0.3) is 0 Å². The highest BCUT2D eigenvalue weighted by molar-refractivity contribution is 6.12. The van der Waals surface area contributed by atoms with Gasteiger partial charge in [0.15, 0.2) is 0 Å². The molecule has 1 atom stereocenters. The molecule has 3 aromatic carbocycles. The summed E-state index contributed by atoms with van der Waals surface area (Å²) in [5.74, 6) is 0.525. The number of aromatic nitrogens is 2. The van der Waals surface area contributed by atoms with E-state index in [1.54, 1.807) is 12.0 Å². The number of para-hydroxylation sites is 1. The molecule has 0 fully saturated rings. The molecule has 9 heteroatoms. The number of hydrogen-bond acceptors (Lipinski definition) is 6. The van der Waals surface area contributed by atoms with Crippen LogP contribution < -0.4 is 15.0 Å². The van der Waals surface area contributed by atoms with Gasteiger partial charge in [-0.1, -0.05) is 24.3 Å². The minimum Gasteiger partial charge on any atom is -0.496 e. The Balaban J connectivity index is 1.60. The number of nitro groups is 1. The van der Waals surface area contributed by atoms with Crippen LogP contribution in [-0.2, 0) is 6.54 Å². The summed E-state index contributed by atoms with van der Waals surface area (Å²) in [7, 11) is 1.57. The van der Waals surface area contributed by atoms with Crippen molar-refractivity contribution < 1.29 is 14.5 Å². The summed E-state index contributed by atoms with van der Waals surface area (Å²) >= 11 is 0. The summed E-state index contributed by atoms with van der Waals surface area (Å²) in [6.07, 6.45) is 2.12. The Morgan fingerprint density at radius 2 is 1.83 bits per heavy atom. The molecule has 0 aliphatic carbocycles. The topological polar surface area (TPSA) is 103 Å². The predicted molar refractivity (Wildman–Crippen MR) is 137 cm³/mol. The molecule has 0 bridgehead atoms. The third kappa shape index (κ3) is 4.26. The molecule has 1 N–H and O–H groups in total. The molecular weight excluding hydrogens is 458 g/mol. The first kappa shape index (κ1) is 23.1. The molecule has 5 rings (SSSR count). The van der Waals surface area contributed by atoms with E-state index in [2.05, 4.69) is 16.5 Å². The Morgan fingerprint density at radius 3 is 2.53 bits per heavy atom. The third-order valence-electron chi connectivity index (χ3n) is 6.19. The second-order valence-electron chi connectivity index (χ2n) is 8.84. The molecule has 1 amide bonds. The number of fused-ring (bicyclic) bond motifs is 1. The molecule has 2 heterocycles. The number of benzene rings is 3. The van der Waals surface area contributed by atoms with Crippen molar-refractivity contribution in [2.24, 2.45) is 0 Å². The SMILES string of the molecule is COc1ccc(C2Nc3ccccc3C(=O)N2c2cc(C)cc(C)c2)cc1Cn1cc([N+](=O)[O-])cn1. The number of carbonyl (C=O) groups is 1. The first-order chi connectivity index (χ1) is 17.3. The Hall–Kier alpha value is -4.66. The lowest BCUT2D eigenvalue weighted by molar-refractivity contribution is -0.385. The van der Waals surface area contributed by atoms with Gasteiger partial charge in [-0.2, -0.15) is 5.10 Å². The molecular formula is C27H25N5O4. The quantitative estimate of drug-likeness (QED) is 0.297. The maximum Gasteiger partial charge on any atom is 0.307 e. The first-order valence-corrected chi connectivity index (χ1v) is 11.4. The zero-order chi connectivity index (χ0) is 25.4. The van der Waals surface area contributed by atoms with Gasteiger partial charge < -0.3 is 10.1 Å². The fourth-order valence-electron chi connectivity index (χ4n) is 4.64. The van der Waals surface area contributed by atoms with Crippen molar-refractivity contribution in [2.75, 3.05) is 17.3 Å². The Bertz CT molecular complexity index is 1460. The molecule has 1 aromatic heterocycles. The van der Waals surface area contributed by atoms with Crippen molar-refractivity contribution in [3.8, 4) is 5.75 Å². The van der Waals surface area contributed by atoms with Gasteiger partial charge in [0.05, 0.1) is 24.1 Å². The van der Waals surface area contributed by atoms with Crippen LogP contribution in [0, 0.1) is 24.0 Å². The molecule has 0 radical (unpaired) electrons. The van der Waals surface area contributed by atoms with Crippen LogP contribution in [0.2, 0.25) is 0 Å². The highest BCUT2D eigenvalue weighted by Gasteiger charge is 2.34. The normalized spacial score (nSPS) is 14.8. The standard InChI is InChI=1S/C27H25N5O4/c1-17-10-18(2)12-21(11-17)31-26(29-24-7-5-4-6-23(24)27(31)33)19-8-9-25(36-3)20(13-19)15-30-16-22(14-28-30)32(34)35/h4-14,16,26,29H,15H2,1-3H3. The number of carbonyl (C=O) groups excluding carboxylic acids is 1. The summed E-state index contributed by atoms with van der Waals surface area (Å²) in [5.41, 5.74) is 5.82. The largest absolute Gasteiger partial charge is 0.496 e. The highest BCUT2D eigenvalue weighted by atomic mass is 16.6. The van der Waals surface area contributed by atoms with Gasteiger partial charge >= 0.3 is 5.69 Å². The minimum absolute atomic E-state index is 0.0812. The lowest BCUT2D eigenvalue weighted by Gasteiger charge is -2.38. The summed E-state index contributed by atoms with van der Waals surface area (Å²) in [6, 6.07) is 19.2. The van der Waals surface area contributed by atoms with Crippen molar-refractivity contribution in [3.05, 3.63) is 111 Å². The number of ether oxygens (including phenoxy) is 1. The number of nitrogens with zero attached hydrogens (tertiary/aromatic N) is 4. The molecule has 0 spiro atoms. The fraction of sp³-hybridized carbons (Fsp3) is 0.185. The van der Waals surface area contributed by atoms with Gasteiger partial charge in [0.1, 0.15) is 24.3 Å². The average molecular weight is 484 g/mol. The molecule has 0 saturated heterocycles. The van der Waals surface area contributed by atoms with E-state index in [0.717, 1.165) is 33.6 Å². The monoisotopic (exact) mass is 483 g/mol. The van der Waals surface area contributed by atoms with Gasteiger partial charge in [-0.3, -0.25) is 24.5 Å². The van der Waals surface area contributed by atoms with Crippen LogP contribution in [0.4, 0.5) is 17.1 Å². The Morgan fingerprint density at radius 1 is 1.08 bits per heavy atom. The van der Waals surface area contributed by atoms with E-state index in [9.17, 15) is 14.9 Å². The van der Waals surface area contributed by atoms with Crippen molar-refractivity contribution in [1.29, 1.82) is 0 Å². The predicted octanol–water partition coefficient (Wildman–Crippen LogP) is 5.24. The van der Waals surface area contributed by atoms with Gasteiger partial charge in [-0.25, -0.2) is 0 Å². The van der Waals surface area contributed by atoms with Crippen molar-refractivity contribution >= 4 is 23.0 Å². The number of amides is 1. The zero-order valence-electron chi connectivity index (χ0n) is 20.1. The van der Waals surface area contributed by atoms with Crippen LogP contribution >= 0.6 is 0 Å². The molecule has 182 valence electrons. The van der Waals surface area contributed by atoms with E-state index in [4.69, 9.17) is 4.74 Å². The van der Waals surface area contributed by atoms with Gasteiger partial charge in [0, 0.05) is 16.9 Å². The summed E-state index contributed by atoms with van der Waals surface area (Å²) in [4.78, 5) is 26.1. The second kappa shape index (κ2) is 9.18. The number of methoxy groups -OCH3 is 1. The molecule has 0 saturated carbocycles. The number of aryl methyl sites for hydroxylation is 2. The van der Waals surface area contributed by atoms with Crippen molar-refractivity contribution in [3.63, 3.8) is 0 Å². The van der Waals surface area contributed by atoms with E-state index < -0.39 is 11.1 Å². The van der Waals surface area contributed by atoms with Crippen molar-refractivity contribution in [1.82, 2.24) is 9.78 Å². The second-order valence-corrected chi connectivity index (χ2v) is 8.84. The Labute approximate surface area is 208 Å². The maximum absolute atomic E-state index is 13.8. The fourth-order valence-corrected chi connectivity index (χ4v) is 4.64.